The Hall–Kier alpha value is -1.30. The second kappa shape index (κ2) is 2.34. The third kappa shape index (κ3) is 0.918. The molecule has 1 aromatic rings. The van der Waals surface area contributed by atoms with E-state index in [1.165, 1.54) is 21.6 Å². The number of hydrogen-bond donors (Lipinski definition) is 0. The molecule has 0 nitrogen and oxygen atoms in total. The first kappa shape index (κ1) is 7.35. The Balaban J connectivity index is 3.00. The second-order valence-corrected chi connectivity index (χ2v) is 3.39. The lowest BCUT2D eigenvalue weighted by atomic mass is 10.1. The summed E-state index contributed by atoms with van der Waals surface area (Å²) in [7, 11) is 0. The number of aryl methyl sites for hydroxylation is 2. The van der Waals surface area contributed by atoms with E-state index in [-0.39, 0.29) is 0 Å². The zero-order valence-corrected chi connectivity index (χ0v) is 7.52. The second-order valence-electron chi connectivity index (χ2n) is 3.39. The van der Waals surface area contributed by atoms with E-state index in [1.54, 1.807) is 0 Å². The van der Waals surface area contributed by atoms with E-state index in [4.69, 9.17) is 0 Å². The van der Waals surface area contributed by atoms with Gasteiger partial charge in [0.2, 0.25) is 0 Å². The summed E-state index contributed by atoms with van der Waals surface area (Å²) in [5, 5.41) is 2.69. The number of fused-ring (bicyclic) bond motifs is 1. The molecule has 1 aliphatic rings. The van der Waals surface area contributed by atoms with Crippen LogP contribution in [0.4, 0.5) is 0 Å². The Labute approximate surface area is 72.5 Å². The van der Waals surface area contributed by atoms with Gasteiger partial charge >= 0.3 is 0 Å². The molecule has 0 amide bonds. The Bertz CT molecular complexity index is 419. The van der Waals surface area contributed by atoms with Gasteiger partial charge in [0.25, 0.3) is 0 Å². The highest BCUT2D eigenvalue weighted by atomic mass is 14.1. The minimum Gasteiger partial charge on any atom is -0.0917 e. The third-order valence-electron chi connectivity index (χ3n) is 2.38. The highest BCUT2D eigenvalue weighted by Gasteiger charge is 2.01. The lowest BCUT2D eigenvalue weighted by Crippen LogP contribution is -2.26. The lowest BCUT2D eigenvalue weighted by molar-refractivity contribution is 1.31. The first-order valence-electron chi connectivity index (χ1n) is 4.17. The van der Waals surface area contributed by atoms with E-state index < -0.39 is 0 Å². The van der Waals surface area contributed by atoms with E-state index in [2.05, 4.69) is 44.7 Å². The molecule has 0 saturated heterocycles. The molecule has 0 aromatic heterocycles. The van der Waals surface area contributed by atoms with Crippen LogP contribution < -0.4 is 10.4 Å². The van der Waals surface area contributed by atoms with E-state index in [9.17, 15) is 0 Å². The monoisotopic (exact) mass is 156 g/mol. The average Bonchev–Trinajstić information content (AvgIpc) is 2.41. The van der Waals surface area contributed by atoms with Crippen molar-refractivity contribution in [3.05, 3.63) is 45.8 Å². The minimum absolute atomic E-state index is 1.11. The molecular formula is C12H12. The minimum atomic E-state index is 1.11. The fraction of sp³-hybridized carbons (Fsp3) is 0.167. The molecule has 0 aliphatic heterocycles. The van der Waals surface area contributed by atoms with E-state index in [1.807, 2.05) is 0 Å². The van der Waals surface area contributed by atoms with Crippen molar-refractivity contribution in [2.24, 2.45) is 0 Å². The smallest absolute Gasteiger partial charge is 0.0146 e. The van der Waals surface area contributed by atoms with Crippen molar-refractivity contribution in [2.45, 2.75) is 13.8 Å². The van der Waals surface area contributed by atoms with Gasteiger partial charge in [0.05, 0.1) is 0 Å². The summed E-state index contributed by atoms with van der Waals surface area (Å²) < 4.78 is 0. The lowest BCUT2D eigenvalue weighted by Gasteiger charge is -1.95. The molecule has 0 heterocycles. The molecule has 0 atom stereocenters. The van der Waals surface area contributed by atoms with Crippen molar-refractivity contribution < 1.29 is 0 Å². The van der Waals surface area contributed by atoms with Gasteiger partial charge in [-0.2, -0.15) is 0 Å². The molecular weight excluding hydrogens is 144 g/mol. The largest absolute Gasteiger partial charge is 0.0917 e. The molecule has 0 spiro atoms. The van der Waals surface area contributed by atoms with E-state index in [0.29, 0.717) is 0 Å². The van der Waals surface area contributed by atoms with Crippen molar-refractivity contribution >= 4 is 12.2 Å². The summed E-state index contributed by atoms with van der Waals surface area (Å²) in [4.78, 5) is 0. The van der Waals surface area contributed by atoms with Crippen LogP contribution in [-0.4, -0.2) is 0 Å². The normalized spacial score (nSPS) is 13.7. The predicted molar refractivity (Wildman–Crippen MR) is 53.2 cm³/mol. The summed E-state index contributed by atoms with van der Waals surface area (Å²) in [6, 6.07) is 4.33. The van der Waals surface area contributed by atoms with Crippen LogP contribution >= 0.6 is 0 Å². The summed E-state index contributed by atoms with van der Waals surface area (Å²) in [6.45, 7) is 8.22. The first-order chi connectivity index (χ1) is 5.68. The van der Waals surface area contributed by atoms with Gasteiger partial charge in [0.1, 0.15) is 0 Å². The molecule has 0 bridgehead atoms. The zero-order chi connectivity index (χ0) is 8.72. The van der Waals surface area contributed by atoms with Crippen LogP contribution in [0.1, 0.15) is 11.1 Å². The van der Waals surface area contributed by atoms with Gasteiger partial charge in [-0.25, -0.2) is 0 Å². The maximum atomic E-state index is 3.94. The summed E-state index contributed by atoms with van der Waals surface area (Å²) in [5.74, 6) is 0. The number of rotatable bonds is 0. The van der Waals surface area contributed by atoms with Crippen molar-refractivity contribution in [2.75, 3.05) is 0 Å². The van der Waals surface area contributed by atoms with Crippen molar-refractivity contribution in [1.82, 2.24) is 0 Å². The summed E-state index contributed by atoms with van der Waals surface area (Å²) in [6.07, 6.45) is 4.30. The molecule has 2 rings (SSSR count). The molecule has 0 unspecified atom stereocenters. The Morgan fingerprint density at radius 1 is 0.917 bits per heavy atom. The van der Waals surface area contributed by atoms with E-state index in [0.717, 1.165) is 5.57 Å². The molecule has 0 saturated carbocycles. The average molecular weight is 156 g/mol. The van der Waals surface area contributed by atoms with Crippen LogP contribution in [0.5, 0.6) is 0 Å². The molecule has 0 heteroatoms. The van der Waals surface area contributed by atoms with Crippen LogP contribution in [0.25, 0.3) is 12.2 Å². The van der Waals surface area contributed by atoms with E-state index >= 15 is 0 Å². The van der Waals surface area contributed by atoms with Gasteiger partial charge in [0.15, 0.2) is 0 Å². The topological polar surface area (TPSA) is 0 Å². The van der Waals surface area contributed by atoms with Crippen LogP contribution in [-0.2, 0) is 0 Å². The molecule has 0 radical (unpaired) electrons. The van der Waals surface area contributed by atoms with Crippen molar-refractivity contribution in [3.63, 3.8) is 0 Å². The summed E-state index contributed by atoms with van der Waals surface area (Å²) in [5.41, 5.74) is 3.79. The maximum absolute atomic E-state index is 3.94. The molecule has 0 N–H and O–H groups in total. The molecule has 1 aromatic carbocycles. The number of allylic oxidation sites excluding steroid dienone is 1. The van der Waals surface area contributed by atoms with Crippen LogP contribution in [0.3, 0.4) is 0 Å². The highest BCUT2D eigenvalue weighted by Crippen LogP contribution is 2.01. The predicted octanol–water partition coefficient (Wildman–Crippen LogP) is 1.43. The fourth-order valence-electron chi connectivity index (χ4n) is 1.65. The van der Waals surface area contributed by atoms with Crippen LogP contribution in [0.2, 0.25) is 0 Å². The molecule has 60 valence electrons. The molecule has 0 fully saturated rings. The standard InChI is InChI=1S/C12H12/c1-8-6-11-9(2)4-5-10(3)12(11)7-8/h4-7H,1H2,2-3H3. The quantitative estimate of drug-likeness (QED) is 0.533. The van der Waals surface area contributed by atoms with Crippen LogP contribution in [0, 0.1) is 13.8 Å². The van der Waals surface area contributed by atoms with Gasteiger partial charge in [-0.1, -0.05) is 18.7 Å². The molecule has 12 heavy (non-hydrogen) atoms. The molecule has 1 aliphatic carbocycles. The third-order valence-corrected chi connectivity index (χ3v) is 2.38. The van der Waals surface area contributed by atoms with Gasteiger partial charge in [-0.15, -0.1) is 0 Å². The zero-order valence-electron chi connectivity index (χ0n) is 7.52. The van der Waals surface area contributed by atoms with Gasteiger partial charge in [-0.3, -0.25) is 0 Å². The van der Waals surface area contributed by atoms with Gasteiger partial charge < -0.3 is 0 Å². The number of benzene rings is 1. The maximum Gasteiger partial charge on any atom is -0.0146 e. The van der Waals surface area contributed by atoms with Crippen molar-refractivity contribution in [1.29, 1.82) is 0 Å². The SMILES string of the molecule is C=C1C=c2c(C)ccc(C)c2=C1. The van der Waals surface area contributed by atoms with Crippen LogP contribution in [0.15, 0.2) is 24.3 Å². The highest BCUT2D eigenvalue weighted by molar-refractivity contribution is 5.71. The first-order valence-corrected chi connectivity index (χ1v) is 4.17. The van der Waals surface area contributed by atoms with Gasteiger partial charge in [-0.05, 0) is 53.1 Å². The fourth-order valence-corrected chi connectivity index (χ4v) is 1.65. The van der Waals surface area contributed by atoms with Gasteiger partial charge in [0, 0.05) is 0 Å². The Morgan fingerprint density at radius 2 is 1.33 bits per heavy atom. The number of hydrogen-bond acceptors (Lipinski definition) is 0. The Morgan fingerprint density at radius 3 is 1.75 bits per heavy atom. The Kier molecular flexibility index (Phi) is 1.44. The summed E-state index contributed by atoms with van der Waals surface area (Å²) >= 11 is 0. The van der Waals surface area contributed by atoms with Crippen molar-refractivity contribution in [3.8, 4) is 0 Å².